The summed E-state index contributed by atoms with van der Waals surface area (Å²) in [5, 5.41) is 11.0. The molecule has 0 saturated carbocycles. The second-order valence-corrected chi connectivity index (χ2v) is 7.61. The SMILES string of the molecule is Cc1c(CS(=O)(=O)Cc2cn3ccccc3n2)cccc1[N+](=O)[O-]. The number of sulfone groups is 1. The van der Waals surface area contributed by atoms with Crippen LogP contribution in [0.5, 0.6) is 0 Å². The molecule has 8 heteroatoms. The number of hydrogen-bond donors (Lipinski definition) is 0. The lowest BCUT2D eigenvalue weighted by Gasteiger charge is -2.06. The maximum atomic E-state index is 12.5. The predicted octanol–water partition coefficient (Wildman–Crippen LogP) is 2.67. The maximum Gasteiger partial charge on any atom is 0.272 e. The first-order valence-corrected chi connectivity index (χ1v) is 9.04. The molecule has 3 rings (SSSR count). The third kappa shape index (κ3) is 3.28. The van der Waals surface area contributed by atoms with Crippen LogP contribution in [0.3, 0.4) is 0 Å². The molecule has 0 atom stereocenters. The number of fused-ring (bicyclic) bond motifs is 1. The number of nitro groups is 1. The van der Waals surface area contributed by atoms with Crippen molar-refractivity contribution in [2.45, 2.75) is 18.4 Å². The molecule has 0 amide bonds. The minimum atomic E-state index is -3.50. The highest BCUT2D eigenvalue weighted by Crippen LogP contribution is 2.23. The average molecular weight is 345 g/mol. The molecule has 2 aromatic heterocycles. The van der Waals surface area contributed by atoms with Gasteiger partial charge in [0.25, 0.3) is 5.69 Å². The van der Waals surface area contributed by atoms with Gasteiger partial charge >= 0.3 is 0 Å². The molecule has 7 nitrogen and oxygen atoms in total. The van der Waals surface area contributed by atoms with Crippen molar-refractivity contribution >= 4 is 21.2 Å². The van der Waals surface area contributed by atoms with E-state index in [9.17, 15) is 18.5 Å². The normalized spacial score (nSPS) is 11.7. The van der Waals surface area contributed by atoms with Gasteiger partial charge in [0.2, 0.25) is 0 Å². The Kier molecular flexibility index (Phi) is 4.06. The third-order valence-corrected chi connectivity index (χ3v) is 5.26. The summed E-state index contributed by atoms with van der Waals surface area (Å²) in [6.07, 6.45) is 3.47. The Bertz CT molecular complexity index is 992. The Morgan fingerprint density at radius 3 is 2.67 bits per heavy atom. The molecule has 1 aromatic carbocycles. The summed E-state index contributed by atoms with van der Waals surface area (Å²) in [5.41, 5.74) is 1.86. The highest BCUT2D eigenvalue weighted by molar-refractivity contribution is 7.89. The zero-order valence-corrected chi connectivity index (χ0v) is 13.7. The van der Waals surface area contributed by atoms with Crippen LogP contribution < -0.4 is 0 Å². The molecule has 0 spiro atoms. The van der Waals surface area contributed by atoms with Crippen LogP contribution >= 0.6 is 0 Å². The van der Waals surface area contributed by atoms with E-state index in [0.717, 1.165) is 0 Å². The highest BCUT2D eigenvalue weighted by atomic mass is 32.2. The molecular formula is C16H15N3O4S. The lowest BCUT2D eigenvalue weighted by molar-refractivity contribution is -0.385. The van der Waals surface area contributed by atoms with E-state index >= 15 is 0 Å². The van der Waals surface area contributed by atoms with Crippen molar-refractivity contribution < 1.29 is 13.3 Å². The molecule has 2 heterocycles. The van der Waals surface area contributed by atoms with Gasteiger partial charge in [0.15, 0.2) is 9.84 Å². The van der Waals surface area contributed by atoms with E-state index in [1.165, 1.54) is 12.1 Å². The van der Waals surface area contributed by atoms with Crippen molar-refractivity contribution in [3.8, 4) is 0 Å². The van der Waals surface area contributed by atoms with Gasteiger partial charge in [-0.05, 0) is 24.6 Å². The van der Waals surface area contributed by atoms with Gasteiger partial charge in [0.05, 0.1) is 22.1 Å². The van der Waals surface area contributed by atoms with Crippen molar-refractivity contribution in [2.75, 3.05) is 0 Å². The number of nitro benzene ring substituents is 1. The summed E-state index contributed by atoms with van der Waals surface area (Å²) in [6, 6.07) is 9.92. The van der Waals surface area contributed by atoms with Gasteiger partial charge in [0.1, 0.15) is 5.65 Å². The van der Waals surface area contributed by atoms with Gasteiger partial charge in [-0.2, -0.15) is 0 Å². The van der Waals surface area contributed by atoms with Gasteiger partial charge in [0, 0.05) is 24.0 Å². The number of aromatic nitrogens is 2. The number of imidazole rings is 1. The monoisotopic (exact) mass is 345 g/mol. The third-order valence-electron chi connectivity index (χ3n) is 3.77. The lowest BCUT2D eigenvalue weighted by atomic mass is 10.1. The van der Waals surface area contributed by atoms with Gasteiger partial charge in [-0.3, -0.25) is 10.1 Å². The van der Waals surface area contributed by atoms with Crippen LogP contribution in [0, 0.1) is 17.0 Å². The topological polar surface area (TPSA) is 94.6 Å². The number of nitrogens with zero attached hydrogens (tertiary/aromatic N) is 3. The molecule has 0 fully saturated rings. The fraction of sp³-hybridized carbons (Fsp3) is 0.188. The average Bonchev–Trinajstić information content (AvgIpc) is 2.90. The number of pyridine rings is 1. The lowest BCUT2D eigenvalue weighted by Crippen LogP contribution is -2.09. The zero-order chi connectivity index (χ0) is 17.3. The van der Waals surface area contributed by atoms with E-state index in [1.807, 2.05) is 12.1 Å². The first-order chi connectivity index (χ1) is 11.4. The van der Waals surface area contributed by atoms with Gasteiger partial charge < -0.3 is 4.40 Å². The molecule has 0 unspecified atom stereocenters. The molecule has 3 aromatic rings. The van der Waals surface area contributed by atoms with Crippen LogP contribution in [-0.4, -0.2) is 22.7 Å². The van der Waals surface area contributed by atoms with Crippen molar-refractivity contribution in [3.63, 3.8) is 0 Å². The maximum absolute atomic E-state index is 12.5. The van der Waals surface area contributed by atoms with E-state index < -0.39 is 14.8 Å². The quantitative estimate of drug-likeness (QED) is 0.523. The van der Waals surface area contributed by atoms with E-state index in [2.05, 4.69) is 4.98 Å². The van der Waals surface area contributed by atoms with Crippen LogP contribution in [0.25, 0.3) is 5.65 Å². The van der Waals surface area contributed by atoms with Crippen LogP contribution in [0.2, 0.25) is 0 Å². The Morgan fingerprint density at radius 1 is 1.17 bits per heavy atom. The highest BCUT2D eigenvalue weighted by Gasteiger charge is 2.20. The predicted molar refractivity (Wildman–Crippen MR) is 89.4 cm³/mol. The van der Waals surface area contributed by atoms with Gasteiger partial charge in [-0.15, -0.1) is 0 Å². The summed E-state index contributed by atoms with van der Waals surface area (Å²) in [5.74, 6) is -0.467. The molecule has 0 radical (unpaired) electrons. The Hall–Kier alpha value is -2.74. The minimum Gasteiger partial charge on any atom is -0.307 e. The molecule has 0 bridgehead atoms. The summed E-state index contributed by atoms with van der Waals surface area (Å²) in [7, 11) is -3.50. The Labute approximate surface area is 138 Å². The van der Waals surface area contributed by atoms with Crippen LogP contribution in [0.1, 0.15) is 16.8 Å². The number of rotatable bonds is 5. The molecule has 0 aliphatic rings. The van der Waals surface area contributed by atoms with Crippen molar-refractivity contribution in [3.05, 3.63) is 75.7 Å². The molecule has 0 saturated heterocycles. The standard InChI is InChI=1S/C16H15N3O4S/c1-12-13(5-4-6-15(12)19(20)21)10-24(22,23)11-14-9-18-8-3-2-7-16(18)17-14/h2-9H,10-11H2,1H3. The van der Waals surface area contributed by atoms with Crippen LogP contribution in [0.4, 0.5) is 5.69 Å². The van der Waals surface area contributed by atoms with Crippen molar-refractivity contribution in [1.29, 1.82) is 0 Å². The largest absolute Gasteiger partial charge is 0.307 e. The molecular weight excluding hydrogens is 330 g/mol. The van der Waals surface area contributed by atoms with Crippen LogP contribution in [0.15, 0.2) is 48.8 Å². The number of hydrogen-bond acceptors (Lipinski definition) is 5. The summed E-state index contributed by atoms with van der Waals surface area (Å²) in [4.78, 5) is 14.8. The number of benzene rings is 1. The first kappa shape index (κ1) is 16.1. The molecule has 124 valence electrons. The van der Waals surface area contributed by atoms with E-state index in [4.69, 9.17) is 0 Å². The molecule has 0 N–H and O–H groups in total. The Morgan fingerprint density at radius 2 is 1.96 bits per heavy atom. The second kappa shape index (κ2) is 6.04. The van der Waals surface area contributed by atoms with Crippen LogP contribution in [-0.2, 0) is 21.3 Å². The molecule has 0 aliphatic carbocycles. The molecule has 24 heavy (non-hydrogen) atoms. The summed E-state index contributed by atoms with van der Waals surface area (Å²) < 4.78 is 26.7. The zero-order valence-electron chi connectivity index (χ0n) is 12.9. The van der Waals surface area contributed by atoms with E-state index in [1.54, 1.807) is 35.9 Å². The summed E-state index contributed by atoms with van der Waals surface area (Å²) in [6.45, 7) is 1.56. The fourth-order valence-corrected chi connectivity index (χ4v) is 4.07. The Balaban J connectivity index is 1.86. The van der Waals surface area contributed by atoms with Gasteiger partial charge in [-0.25, -0.2) is 13.4 Å². The second-order valence-electron chi connectivity index (χ2n) is 5.55. The first-order valence-electron chi connectivity index (χ1n) is 7.22. The van der Waals surface area contributed by atoms with E-state index in [-0.39, 0.29) is 17.2 Å². The van der Waals surface area contributed by atoms with Crippen molar-refractivity contribution in [2.24, 2.45) is 0 Å². The summed E-state index contributed by atoms with van der Waals surface area (Å²) >= 11 is 0. The molecule has 0 aliphatic heterocycles. The minimum absolute atomic E-state index is 0.0737. The smallest absolute Gasteiger partial charge is 0.272 e. The van der Waals surface area contributed by atoms with Gasteiger partial charge in [-0.1, -0.05) is 18.2 Å². The van der Waals surface area contributed by atoms with Crippen molar-refractivity contribution in [1.82, 2.24) is 9.38 Å². The van der Waals surface area contributed by atoms with E-state index in [0.29, 0.717) is 22.5 Å². The fourth-order valence-electron chi connectivity index (χ4n) is 2.59.